The number of nitrogens with zero attached hydrogens (tertiary/aromatic N) is 9. The van der Waals surface area contributed by atoms with Gasteiger partial charge in [0.1, 0.15) is 41.2 Å². The highest BCUT2D eigenvalue weighted by molar-refractivity contribution is 7.90. The average Bonchev–Trinajstić information content (AvgIpc) is 4.21. The highest BCUT2D eigenvalue weighted by Crippen LogP contribution is 2.33. The molecule has 6 aromatic rings. The highest BCUT2D eigenvalue weighted by Gasteiger charge is 2.44. The largest absolute Gasteiger partial charge is 0.441 e. The second-order valence-corrected chi connectivity index (χ2v) is 23.7. The van der Waals surface area contributed by atoms with E-state index in [1.54, 1.807) is 61.7 Å². The van der Waals surface area contributed by atoms with Crippen LogP contribution in [-0.2, 0) is 47.5 Å². The SMILES string of the molecule is CC(=O)n1ccc2c(S(=O)(=O)N(CC(C)(C)OC(=O)n3ccc4c(S(=O)(=O)NC(CCn5cccc5C#N)C(=O)N5CCC(C)CC5)cccc43)C(CCn3cccc3C#N)C(=O)N3CCC(C)CC3)cccc21. The topological polar surface area (TPSA) is 235 Å². The second kappa shape index (κ2) is 21.8. The Bertz CT molecular complexity index is 3390. The molecule has 2 aliphatic heterocycles. The molecule has 6 heterocycles. The lowest BCUT2D eigenvalue weighted by atomic mass is 9.98. The molecule has 0 saturated carbocycles. The lowest BCUT2D eigenvalue weighted by Gasteiger charge is -2.39. The van der Waals surface area contributed by atoms with E-state index < -0.39 is 56.3 Å². The summed E-state index contributed by atoms with van der Waals surface area (Å²) in [6.07, 6.45) is 8.18. The molecule has 2 amide bonds. The molecular weight excluding hydrogens is 985 g/mol. The first-order chi connectivity index (χ1) is 35.2. The molecule has 2 aliphatic rings. The molecule has 74 heavy (non-hydrogen) atoms. The van der Waals surface area contributed by atoms with Crippen molar-refractivity contribution >= 4 is 65.7 Å². The van der Waals surface area contributed by atoms with Crippen LogP contribution in [0.3, 0.4) is 0 Å². The lowest BCUT2D eigenvalue weighted by Crippen LogP contribution is -2.56. The molecule has 390 valence electrons. The minimum atomic E-state index is -4.69. The first kappa shape index (κ1) is 53.3. The summed E-state index contributed by atoms with van der Waals surface area (Å²) in [5.41, 5.74) is -0.508. The second-order valence-electron chi connectivity index (χ2n) is 20.1. The van der Waals surface area contributed by atoms with E-state index in [-0.39, 0.29) is 63.8 Å². The zero-order valence-electron chi connectivity index (χ0n) is 42.3. The van der Waals surface area contributed by atoms with Crippen LogP contribution in [-0.4, -0.2) is 123 Å². The molecule has 2 unspecified atom stereocenters. The third-order valence-electron chi connectivity index (χ3n) is 14.3. The number of fused-ring (bicyclic) bond motifs is 2. The molecule has 2 aromatic carbocycles. The molecule has 1 N–H and O–H groups in total. The van der Waals surface area contributed by atoms with Crippen molar-refractivity contribution in [3.63, 3.8) is 0 Å². The van der Waals surface area contributed by atoms with Crippen molar-refractivity contribution in [3.8, 4) is 12.1 Å². The molecule has 0 radical (unpaired) electrons. The van der Waals surface area contributed by atoms with Gasteiger partial charge in [-0.1, -0.05) is 26.0 Å². The Labute approximate surface area is 431 Å². The summed E-state index contributed by atoms with van der Waals surface area (Å²) in [6.45, 7) is 10.1. The van der Waals surface area contributed by atoms with Gasteiger partial charge >= 0.3 is 6.09 Å². The number of ether oxygens (including phenoxy) is 1. The van der Waals surface area contributed by atoms with Gasteiger partial charge in [0.05, 0.1) is 27.4 Å². The Morgan fingerprint density at radius 2 is 1.19 bits per heavy atom. The predicted octanol–water partition coefficient (Wildman–Crippen LogP) is 6.77. The standard InChI is InChI=1S/C53H62N10O9S2/c1-37-16-26-59(27-17-37)50(65)44(22-30-57-24-8-10-40(57)34-54)56-73(68,69)48-14-6-13-46-42(48)21-33-62(46)52(67)72-53(4,5)36-63(74(70,71)49-15-7-12-45-43(49)20-32-61(45)39(3)64)47(23-31-58-25-9-11-41(58)35-55)51(66)60-28-18-38(2)19-29-60/h6-15,20-21,24-25,32-33,37-38,44,47,56H,16-19,22-23,26-31,36H2,1-5H3. The van der Waals surface area contributed by atoms with Crippen LogP contribution < -0.4 is 4.72 Å². The molecule has 2 atom stereocenters. The van der Waals surface area contributed by atoms with Crippen molar-refractivity contribution in [2.45, 2.75) is 114 Å². The van der Waals surface area contributed by atoms with Crippen LogP contribution in [0.5, 0.6) is 0 Å². The summed E-state index contributed by atoms with van der Waals surface area (Å²) in [6, 6.07) is 20.2. The Hall–Kier alpha value is -7.04. The number of hydrogen-bond acceptors (Lipinski definition) is 11. The molecule has 2 saturated heterocycles. The normalized spacial score (nSPS) is 16.1. The zero-order chi connectivity index (χ0) is 53.1. The van der Waals surface area contributed by atoms with Crippen LogP contribution in [0.2, 0.25) is 0 Å². The summed E-state index contributed by atoms with van der Waals surface area (Å²) in [5, 5.41) is 19.9. The molecule has 8 rings (SSSR count). The minimum absolute atomic E-state index is 0.0515. The molecule has 4 aromatic heterocycles. The van der Waals surface area contributed by atoms with Gasteiger partial charge < -0.3 is 23.7 Å². The van der Waals surface area contributed by atoms with Crippen molar-refractivity contribution < 1.29 is 40.8 Å². The fourth-order valence-electron chi connectivity index (χ4n) is 10.1. The Balaban J connectivity index is 1.12. The summed E-state index contributed by atoms with van der Waals surface area (Å²) < 4.78 is 75.6. The number of piperidine rings is 2. The number of sulfonamides is 2. The fraction of sp³-hybridized carbons (Fsp3) is 0.434. The van der Waals surface area contributed by atoms with Gasteiger partial charge in [0.15, 0.2) is 0 Å². The Morgan fingerprint density at radius 3 is 1.74 bits per heavy atom. The third kappa shape index (κ3) is 11.2. The molecule has 19 nitrogen and oxygen atoms in total. The van der Waals surface area contributed by atoms with Crippen LogP contribution in [0.15, 0.2) is 107 Å². The van der Waals surface area contributed by atoms with Crippen molar-refractivity contribution in [1.82, 2.24) is 37.1 Å². The van der Waals surface area contributed by atoms with Crippen LogP contribution in [0.1, 0.15) is 89.3 Å². The van der Waals surface area contributed by atoms with E-state index in [0.717, 1.165) is 21.7 Å². The van der Waals surface area contributed by atoms with E-state index >= 15 is 8.42 Å². The number of nitrogens with one attached hydrogen (secondary N) is 1. The quantitative estimate of drug-likeness (QED) is 0.100. The zero-order valence-corrected chi connectivity index (χ0v) is 43.9. The van der Waals surface area contributed by atoms with Gasteiger partial charge in [-0.2, -0.15) is 19.6 Å². The monoisotopic (exact) mass is 1050 g/mol. The Kier molecular flexibility index (Phi) is 15.7. The number of benzene rings is 2. The van der Waals surface area contributed by atoms with Gasteiger partial charge in [0.2, 0.25) is 37.8 Å². The van der Waals surface area contributed by atoms with Gasteiger partial charge in [-0.25, -0.2) is 21.6 Å². The van der Waals surface area contributed by atoms with Gasteiger partial charge in [-0.05, 0) is 125 Å². The van der Waals surface area contributed by atoms with Crippen molar-refractivity contribution in [2.24, 2.45) is 11.8 Å². The van der Waals surface area contributed by atoms with Gasteiger partial charge in [0.25, 0.3) is 0 Å². The van der Waals surface area contributed by atoms with Crippen LogP contribution in [0.4, 0.5) is 4.79 Å². The van der Waals surface area contributed by atoms with E-state index in [0.29, 0.717) is 67.8 Å². The Morgan fingerprint density at radius 1 is 0.689 bits per heavy atom. The first-order valence-corrected chi connectivity index (χ1v) is 27.8. The van der Waals surface area contributed by atoms with Crippen molar-refractivity contribution in [2.75, 3.05) is 32.7 Å². The number of aryl methyl sites for hydroxylation is 2. The van der Waals surface area contributed by atoms with E-state index in [1.165, 1.54) is 80.2 Å². The molecule has 0 aliphatic carbocycles. The highest BCUT2D eigenvalue weighted by atomic mass is 32.2. The van der Waals surface area contributed by atoms with E-state index in [9.17, 15) is 38.1 Å². The maximum absolute atomic E-state index is 15.5. The smallest absolute Gasteiger partial charge is 0.419 e. The average molecular weight is 1050 g/mol. The van der Waals surface area contributed by atoms with Gasteiger partial charge in [0, 0.05) is 81.8 Å². The van der Waals surface area contributed by atoms with Crippen LogP contribution in [0.25, 0.3) is 21.8 Å². The van der Waals surface area contributed by atoms with Crippen molar-refractivity contribution in [3.05, 3.63) is 109 Å². The van der Waals surface area contributed by atoms with Crippen molar-refractivity contribution in [1.29, 1.82) is 10.5 Å². The third-order valence-corrected chi connectivity index (χ3v) is 17.7. The maximum Gasteiger partial charge on any atom is 0.419 e. The predicted molar refractivity (Wildman–Crippen MR) is 275 cm³/mol. The fourth-order valence-corrected chi connectivity index (χ4v) is 13.5. The maximum atomic E-state index is 15.5. The molecule has 21 heteroatoms. The molecule has 0 bridgehead atoms. The van der Waals surface area contributed by atoms with Gasteiger partial charge in [-0.3, -0.25) is 23.5 Å². The van der Waals surface area contributed by atoms with E-state index in [2.05, 4.69) is 30.7 Å². The summed E-state index contributed by atoms with van der Waals surface area (Å²) >= 11 is 0. The van der Waals surface area contributed by atoms with Gasteiger partial charge in [-0.15, -0.1) is 0 Å². The minimum Gasteiger partial charge on any atom is -0.441 e. The summed E-state index contributed by atoms with van der Waals surface area (Å²) in [5.74, 6) is -0.404. The lowest BCUT2D eigenvalue weighted by molar-refractivity contribution is -0.137. The number of likely N-dealkylation sites (tertiary alicyclic amines) is 2. The van der Waals surface area contributed by atoms with E-state index in [4.69, 9.17) is 4.74 Å². The number of amides is 2. The molecule has 2 fully saturated rings. The number of hydrogen-bond donors (Lipinski definition) is 1. The number of aromatic nitrogens is 4. The molecular formula is C53H62N10O9S2. The van der Waals surface area contributed by atoms with Crippen LogP contribution in [0, 0.1) is 34.5 Å². The summed E-state index contributed by atoms with van der Waals surface area (Å²) in [7, 11) is -9.15. The van der Waals surface area contributed by atoms with Crippen LogP contribution >= 0.6 is 0 Å². The number of rotatable bonds is 17. The molecule has 0 spiro atoms. The number of carbonyl (C=O) groups excluding carboxylic acids is 4. The van der Waals surface area contributed by atoms with E-state index in [1.807, 2.05) is 0 Å². The number of carbonyl (C=O) groups is 4. The number of nitriles is 2. The summed E-state index contributed by atoms with van der Waals surface area (Å²) in [4.78, 5) is 59.1. The first-order valence-electron chi connectivity index (χ1n) is 24.9.